The van der Waals surface area contributed by atoms with Gasteiger partial charge >= 0.3 is 0 Å². The van der Waals surface area contributed by atoms with E-state index in [-0.39, 0.29) is 18.6 Å². The number of nitrogens with one attached hydrogen (secondary N) is 1. The molecule has 2 atom stereocenters. The lowest BCUT2D eigenvalue weighted by molar-refractivity contribution is -0.142. The van der Waals surface area contributed by atoms with E-state index in [0.717, 1.165) is 5.56 Å². The number of aromatic nitrogens is 6. The third kappa shape index (κ3) is 4.13. The van der Waals surface area contributed by atoms with Crippen molar-refractivity contribution in [1.82, 2.24) is 34.4 Å². The second kappa shape index (κ2) is 9.53. The highest BCUT2D eigenvalue weighted by Crippen LogP contribution is 2.27. The number of ether oxygens (including phenoxy) is 1. The van der Waals surface area contributed by atoms with Crippen molar-refractivity contribution < 1.29 is 14.6 Å². The first-order valence-electron chi connectivity index (χ1n) is 10.8. The molecule has 0 radical (unpaired) electrons. The summed E-state index contributed by atoms with van der Waals surface area (Å²) in [7, 11) is 0. The highest BCUT2D eigenvalue weighted by atomic mass is 16.5. The number of carbonyl (C=O) groups excluding carboxylic acids is 1. The first-order valence-corrected chi connectivity index (χ1v) is 10.8. The summed E-state index contributed by atoms with van der Waals surface area (Å²) in [6, 6.07) is -0.858. The van der Waals surface area contributed by atoms with Gasteiger partial charge in [0.05, 0.1) is 31.4 Å². The van der Waals surface area contributed by atoms with Crippen LogP contribution in [0.4, 0.5) is 5.82 Å². The molecule has 170 valence electrons. The fourth-order valence-electron chi connectivity index (χ4n) is 3.87. The lowest BCUT2D eigenvalue weighted by Gasteiger charge is -2.36. The summed E-state index contributed by atoms with van der Waals surface area (Å²) in [5.74, 6) is 1.77. The highest BCUT2D eigenvalue weighted by Gasteiger charge is 2.31. The number of morpholine rings is 1. The van der Waals surface area contributed by atoms with Gasteiger partial charge in [-0.15, -0.1) is 0 Å². The van der Waals surface area contributed by atoms with Gasteiger partial charge in [0, 0.05) is 25.5 Å². The van der Waals surface area contributed by atoms with E-state index < -0.39 is 6.04 Å². The van der Waals surface area contributed by atoms with Gasteiger partial charge in [-0.05, 0) is 20.3 Å². The maximum atomic E-state index is 13.2. The Morgan fingerprint density at radius 3 is 2.75 bits per heavy atom. The van der Waals surface area contributed by atoms with Crippen LogP contribution in [0, 0.1) is 6.92 Å². The van der Waals surface area contributed by atoms with E-state index in [4.69, 9.17) is 9.72 Å². The van der Waals surface area contributed by atoms with Crippen LogP contribution in [0.1, 0.15) is 26.1 Å². The molecule has 4 heterocycles. The molecular formula is C21H28N8O3. The van der Waals surface area contributed by atoms with E-state index in [2.05, 4.69) is 25.3 Å². The molecule has 1 amide bonds. The maximum absolute atomic E-state index is 13.2. The first kappa shape index (κ1) is 22.0. The van der Waals surface area contributed by atoms with Crippen LogP contribution in [-0.2, 0) is 16.1 Å². The van der Waals surface area contributed by atoms with Crippen LogP contribution >= 0.6 is 0 Å². The van der Waals surface area contributed by atoms with Gasteiger partial charge in [-0.3, -0.25) is 4.79 Å². The van der Waals surface area contributed by atoms with E-state index in [1.54, 1.807) is 17.3 Å². The maximum Gasteiger partial charge on any atom is 0.245 e. The molecule has 1 fully saturated rings. The number of nitrogens with zero attached hydrogens (tertiary/aromatic N) is 7. The van der Waals surface area contributed by atoms with Crippen molar-refractivity contribution in [2.45, 2.75) is 45.8 Å². The molecule has 3 aromatic rings. The topological polar surface area (TPSA) is 131 Å². The van der Waals surface area contributed by atoms with Crippen molar-refractivity contribution in [1.29, 1.82) is 0 Å². The van der Waals surface area contributed by atoms with Gasteiger partial charge < -0.3 is 24.6 Å². The number of carbonyl (C=O) groups is 1. The Balaban J connectivity index is 1.68. The van der Waals surface area contributed by atoms with Crippen LogP contribution in [0.3, 0.4) is 0 Å². The molecule has 11 heteroatoms. The van der Waals surface area contributed by atoms with Crippen LogP contribution < -0.4 is 5.32 Å². The van der Waals surface area contributed by atoms with E-state index >= 15 is 0 Å². The largest absolute Gasteiger partial charge is 0.394 e. The molecule has 1 unspecified atom stereocenters. The van der Waals surface area contributed by atoms with Gasteiger partial charge in [0.15, 0.2) is 17.0 Å². The zero-order valence-corrected chi connectivity index (χ0v) is 18.5. The van der Waals surface area contributed by atoms with Crippen LogP contribution in [0.25, 0.3) is 22.6 Å². The Hall–Kier alpha value is -3.18. The summed E-state index contributed by atoms with van der Waals surface area (Å²) >= 11 is 0. The molecule has 1 saturated heterocycles. The third-order valence-corrected chi connectivity index (χ3v) is 5.63. The second-order valence-corrected chi connectivity index (χ2v) is 7.64. The van der Waals surface area contributed by atoms with Gasteiger partial charge in [0.25, 0.3) is 0 Å². The standard InChI is InChI=1S/C21H28N8O3/c1-4-16(21(31)29-6-7-32-11-15(29)10-30)26-18-17-20(25-12-24-18)28(5-2)19(27-17)14-8-22-13(3)23-9-14/h8-9,12,15-16,30H,4-7,10-11H2,1-3H3,(H,24,25,26)/t15-,16?/m1/s1. The first-order chi connectivity index (χ1) is 15.6. The van der Waals surface area contributed by atoms with Crippen molar-refractivity contribution in [3.8, 4) is 11.4 Å². The van der Waals surface area contributed by atoms with Gasteiger partial charge in [0.1, 0.15) is 24.0 Å². The Bertz CT molecular complexity index is 1080. The minimum absolute atomic E-state index is 0.0938. The monoisotopic (exact) mass is 440 g/mol. The summed E-state index contributed by atoms with van der Waals surface area (Å²) in [5, 5.41) is 12.9. The number of aliphatic hydroxyl groups excluding tert-OH is 1. The predicted molar refractivity (Wildman–Crippen MR) is 118 cm³/mol. The molecular weight excluding hydrogens is 412 g/mol. The number of aliphatic hydroxyl groups is 1. The number of anilines is 1. The molecule has 0 aromatic carbocycles. The molecule has 0 bridgehead atoms. The molecule has 11 nitrogen and oxygen atoms in total. The average molecular weight is 441 g/mol. The number of aryl methyl sites for hydroxylation is 2. The number of fused-ring (bicyclic) bond motifs is 1. The molecule has 4 rings (SSSR count). The van der Waals surface area contributed by atoms with Gasteiger partial charge in [-0.1, -0.05) is 6.92 Å². The summed E-state index contributed by atoms with van der Waals surface area (Å²) in [5.41, 5.74) is 2.03. The Morgan fingerprint density at radius 1 is 1.28 bits per heavy atom. The second-order valence-electron chi connectivity index (χ2n) is 7.64. The molecule has 0 saturated carbocycles. The van der Waals surface area contributed by atoms with Crippen molar-refractivity contribution in [3.05, 3.63) is 24.5 Å². The predicted octanol–water partition coefficient (Wildman–Crippen LogP) is 1.02. The van der Waals surface area contributed by atoms with Crippen molar-refractivity contribution >= 4 is 22.9 Å². The summed E-state index contributed by atoms with van der Waals surface area (Å²) in [4.78, 5) is 37.1. The Labute approximate surface area is 185 Å². The van der Waals surface area contributed by atoms with Crippen LogP contribution in [0.2, 0.25) is 0 Å². The van der Waals surface area contributed by atoms with Crippen LogP contribution in [0.15, 0.2) is 18.7 Å². The Morgan fingerprint density at radius 2 is 2.06 bits per heavy atom. The molecule has 2 N–H and O–H groups in total. The van der Waals surface area contributed by atoms with E-state index in [1.165, 1.54) is 6.33 Å². The molecule has 0 aliphatic carbocycles. The zero-order chi connectivity index (χ0) is 22.7. The Kier molecular flexibility index (Phi) is 6.56. The molecule has 1 aliphatic rings. The lowest BCUT2D eigenvalue weighted by atomic mass is 10.1. The lowest BCUT2D eigenvalue weighted by Crippen LogP contribution is -2.54. The molecule has 32 heavy (non-hydrogen) atoms. The average Bonchev–Trinajstić information content (AvgIpc) is 3.22. The smallest absolute Gasteiger partial charge is 0.245 e. The summed E-state index contributed by atoms with van der Waals surface area (Å²) in [6.07, 6.45) is 5.49. The number of hydrogen-bond acceptors (Lipinski definition) is 9. The van der Waals surface area contributed by atoms with Crippen molar-refractivity contribution in [2.75, 3.05) is 31.7 Å². The van der Waals surface area contributed by atoms with E-state index in [0.29, 0.717) is 61.4 Å². The van der Waals surface area contributed by atoms with E-state index in [1.807, 2.05) is 25.3 Å². The summed E-state index contributed by atoms with van der Waals surface area (Å²) in [6.45, 7) is 7.53. The third-order valence-electron chi connectivity index (χ3n) is 5.63. The molecule has 3 aromatic heterocycles. The van der Waals surface area contributed by atoms with Gasteiger partial charge in [-0.25, -0.2) is 24.9 Å². The van der Waals surface area contributed by atoms with Crippen LogP contribution in [-0.4, -0.2) is 83.8 Å². The fourth-order valence-corrected chi connectivity index (χ4v) is 3.87. The summed E-state index contributed by atoms with van der Waals surface area (Å²) < 4.78 is 7.38. The SMILES string of the molecule is CCC(Nc1ncnc2c1nc(-c1cnc(C)nc1)n2CC)C(=O)N1CCOC[C@H]1CO. The normalized spacial score (nSPS) is 17.5. The van der Waals surface area contributed by atoms with Crippen molar-refractivity contribution in [3.63, 3.8) is 0 Å². The highest BCUT2D eigenvalue weighted by molar-refractivity contribution is 5.90. The quantitative estimate of drug-likeness (QED) is 0.553. The van der Waals surface area contributed by atoms with E-state index in [9.17, 15) is 9.90 Å². The number of rotatable bonds is 7. The minimum atomic E-state index is -0.516. The van der Waals surface area contributed by atoms with Gasteiger partial charge in [-0.2, -0.15) is 0 Å². The van der Waals surface area contributed by atoms with Crippen molar-refractivity contribution in [2.24, 2.45) is 0 Å². The number of amides is 1. The zero-order valence-electron chi connectivity index (χ0n) is 18.5. The molecule has 1 aliphatic heterocycles. The number of imidazole rings is 1. The van der Waals surface area contributed by atoms with Gasteiger partial charge in [0.2, 0.25) is 5.91 Å². The number of hydrogen-bond donors (Lipinski definition) is 2. The fraction of sp³-hybridized carbons (Fsp3) is 0.524. The molecule has 0 spiro atoms. The minimum Gasteiger partial charge on any atom is -0.394 e. The van der Waals surface area contributed by atoms with Crippen LogP contribution in [0.5, 0.6) is 0 Å².